The van der Waals surface area contributed by atoms with Crippen molar-refractivity contribution in [1.82, 2.24) is 39.2 Å². The number of hydrogen-bond donors (Lipinski definition) is 3. The second-order valence-corrected chi connectivity index (χ2v) is 11.2. The molecule has 47 heavy (non-hydrogen) atoms. The zero-order valence-electron chi connectivity index (χ0n) is 25.3. The fourth-order valence-corrected chi connectivity index (χ4v) is 5.78. The average Bonchev–Trinajstić information content (AvgIpc) is 3.62. The molecule has 1 aliphatic heterocycles. The van der Waals surface area contributed by atoms with Crippen molar-refractivity contribution < 1.29 is 23.1 Å². The van der Waals surface area contributed by atoms with Crippen molar-refractivity contribution in [2.24, 2.45) is 7.05 Å². The Labute approximate surface area is 266 Å². The van der Waals surface area contributed by atoms with Crippen molar-refractivity contribution in [2.75, 3.05) is 24.6 Å². The number of nitrogen functional groups attached to an aromatic ring is 2. The number of hydrogen-bond acceptors (Lipinski definition) is 9. The fourth-order valence-electron chi connectivity index (χ4n) is 5.78. The number of aromatic nitrogens is 7. The number of pyridine rings is 1. The van der Waals surface area contributed by atoms with Crippen molar-refractivity contribution in [1.29, 1.82) is 0 Å². The number of likely N-dealkylation sites (tertiary alicyclic amines) is 1. The van der Waals surface area contributed by atoms with Crippen LogP contribution in [0, 0.1) is 0 Å². The first-order valence-electron chi connectivity index (χ1n) is 14.7. The summed E-state index contributed by atoms with van der Waals surface area (Å²) in [6.45, 7) is 2.92. The van der Waals surface area contributed by atoms with E-state index in [1.807, 2.05) is 31.6 Å². The Morgan fingerprint density at radius 3 is 2.28 bits per heavy atom. The van der Waals surface area contributed by atoms with Gasteiger partial charge in [-0.2, -0.15) is 18.3 Å². The molecule has 0 aliphatic carbocycles. The van der Waals surface area contributed by atoms with Crippen LogP contribution in [-0.2, 0) is 18.4 Å². The number of fused-ring (bicyclic) bond motifs is 2. The maximum absolute atomic E-state index is 10.6. The van der Waals surface area contributed by atoms with E-state index in [0.29, 0.717) is 23.2 Å². The molecule has 4 aromatic heterocycles. The third-order valence-electron chi connectivity index (χ3n) is 8.14. The average molecular weight is 645 g/mol. The maximum atomic E-state index is 10.6. The SMILES string of the molecule is Cn1nc(N)c2cc(-c3ccccc3)c(-c3ccc(CN4CCC(n5cnc6c(N)ncnc65)CC4)cc3)nc21.O=C(O)C(F)(F)F. The summed E-state index contributed by atoms with van der Waals surface area (Å²) in [5.41, 5.74) is 19.9. The molecule has 2 aromatic carbocycles. The number of benzene rings is 2. The molecule has 5 heterocycles. The van der Waals surface area contributed by atoms with Crippen LogP contribution in [0.3, 0.4) is 0 Å². The first-order valence-corrected chi connectivity index (χ1v) is 14.7. The van der Waals surface area contributed by atoms with E-state index in [2.05, 4.69) is 72.0 Å². The normalized spacial score (nSPS) is 14.3. The maximum Gasteiger partial charge on any atom is 0.490 e. The van der Waals surface area contributed by atoms with Crippen molar-refractivity contribution in [2.45, 2.75) is 31.6 Å². The number of imidazole rings is 1. The van der Waals surface area contributed by atoms with E-state index < -0.39 is 12.1 Å². The molecule has 0 unspecified atom stereocenters. The number of anilines is 2. The molecule has 0 amide bonds. The van der Waals surface area contributed by atoms with E-state index >= 15 is 0 Å². The van der Waals surface area contributed by atoms with Gasteiger partial charge in [0.05, 0.1) is 17.4 Å². The summed E-state index contributed by atoms with van der Waals surface area (Å²) in [6.07, 6.45) is 0.345. The highest BCUT2D eigenvalue weighted by atomic mass is 19.4. The molecule has 5 N–H and O–H groups in total. The summed E-state index contributed by atoms with van der Waals surface area (Å²) in [4.78, 5) is 29.4. The van der Waals surface area contributed by atoms with Crippen LogP contribution in [0.2, 0.25) is 0 Å². The standard InChI is InChI=1S/C30H30N10.C2HF3O2/c1-38-29-24(27(31)37-38)15-23(20-5-3-2-4-6-20)25(36-29)21-9-7-19(8-10-21)16-39-13-11-22(12-14-39)40-18-35-26-28(32)33-17-34-30(26)40;3-2(4,5)1(6)7/h2-10,15,17-18,22H,11-14,16H2,1H3,(H2,31,37)(H2,32,33,34);(H,6,7). The highest BCUT2D eigenvalue weighted by Gasteiger charge is 2.38. The summed E-state index contributed by atoms with van der Waals surface area (Å²) in [7, 11) is 1.88. The van der Waals surface area contributed by atoms with Gasteiger partial charge < -0.3 is 21.1 Å². The van der Waals surface area contributed by atoms with Gasteiger partial charge in [-0.3, -0.25) is 4.90 Å². The topological polar surface area (TPSA) is 167 Å². The summed E-state index contributed by atoms with van der Waals surface area (Å²) in [5, 5.41) is 12.4. The van der Waals surface area contributed by atoms with Gasteiger partial charge in [-0.15, -0.1) is 0 Å². The third-order valence-corrected chi connectivity index (χ3v) is 8.14. The van der Waals surface area contributed by atoms with Crippen LogP contribution in [0.5, 0.6) is 0 Å². The molecule has 0 radical (unpaired) electrons. The van der Waals surface area contributed by atoms with Gasteiger partial charge >= 0.3 is 12.1 Å². The predicted molar refractivity (Wildman–Crippen MR) is 171 cm³/mol. The van der Waals surface area contributed by atoms with Crippen molar-refractivity contribution in [3.63, 3.8) is 0 Å². The highest BCUT2D eigenvalue weighted by molar-refractivity contribution is 5.95. The lowest BCUT2D eigenvalue weighted by molar-refractivity contribution is -0.192. The fraction of sp³-hybridized carbons (Fsp3) is 0.250. The van der Waals surface area contributed by atoms with Crippen molar-refractivity contribution in [3.8, 4) is 22.4 Å². The zero-order chi connectivity index (χ0) is 33.3. The van der Waals surface area contributed by atoms with Gasteiger partial charge in [-0.1, -0.05) is 54.6 Å². The lowest BCUT2D eigenvalue weighted by Gasteiger charge is -2.32. The first-order chi connectivity index (χ1) is 22.5. The van der Waals surface area contributed by atoms with Crippen LogP contribution in [0.15, 0.2) is 73.3 Å². The van der Waals surface area contributed by atoms with Gasteiger partial charge in [0.15, 0.2) is 22.9 Å². The minimum atomic E-state index is -5.08. The van der Waals surface area contributed by atoms with Gasteiger partial charge in [0.1, 0.15) is 11.8 Å². The van der Waals surface area contributed by atoms with Crippen LogP contribution in [0.25, 0.3) is 44.6 Å². The first kappa shape index (κ1) is 31.4. The summed E-state index contributed by atoms with van der Waals surface area (Å²) in [6, 6.07) is 21.5. The molecular weight excluding hydrogens is 613 g/mol. The van der Waals surface area contributed by atoms with Crippen molar-refractivity contribution in [3.05, 3.63) is 78.9 Å². The summed E-state index contributed by atoms with van der Waals surface area (Å²) < 4.78 is 35.6. The van der Waals surface area contributed by atoms with Gasteiger partial charge in [-0.25, -0.2) is 29.4 Å². The number of aliphatic carboxylic acids is 1. The van der Waals surface area contributed by atoms with E-state index in [1.165, 1.54) is 11.9 Å². The molecule has 0 bridgehead atoms. The second kappa shape index (κ2) is 12.7. The van der Waals surface area contributed by atoms with Crippen molar-refractivity contribution >= 4 is 39.8 Å². The monoisotopic (exact) mass is 644 g/mol. The lowest BCUT2D eigenvalue weighted by Crippen LogP contribution is -2.34. The number of piperidine rings is 1. The Hall–Kier alpha value is -5.57. The molecule has 7 rings (SSSR count). The van der Waals surface area contributed by atoms with Crippen LogP contribution in [0.1, 0.15) is 24.4 Å². The van der Waals surface area contributed by atoms with E-state index in [1.54, 1.807) is 4.68 Å². The lowest BCUT2D eigenvalue weighted by atomic mass is 9.97. The molecule has 1 aliphatic rings. The van der Waals surface area contributed by atoms with Crippen LogP contribution in [0.4, 0.5) is 24.8 Å². The van der Waals surface area contributed by atoms with E-state index in [9.17, 15) is 13.2 Å². The molecule has 1 fully saturated rings. The molecule has 6 aromatic rings. The third kappa shape index (κ3) is 6.56. The number of carbonyl (C=O) groups is 1. The van der Waals surface area contributed by atoms with E-state index in [0.717, 1.165) is 71.5 Å². The minimum absolute atomic E-state index is 0.358. The van der Waals surface area contributed by atoms with E-state index in [4.69, 9.17) is 26.4 Å². The number of aryl methyl sites for hydroxylation is 1. The van der Waals surface area contributed by atoms with E-state index in [-0.39, 0.29) is 0 Å². The Morgan fingerprint density at radius 2 is 1.62 bits per heavy atom. The zero-order valence-corrected chi connectivity index (χ0v) is 25.3. The van der Waals surface area contributed by atoms with Crippen LogP contribution < -0.4 is 11.5 Å². The smallest absolute Gasteiger partial charge is 0.475 e. The van der Waals surface area contributed by atoms with Gasteiger partial charge in [-0.05, 0) is 30.0 Å². The number of halogens is 3. The number of carboxylic acids is 1. The Balaban J connectivity index is 0.000000499. The molecule has 12 nitrogen and oxygen atoms in total. The molecule has 0 saturated carbocycles. The highest BCUT2D eigenvalue weighted by Crippen LogP contribution is 2.35. The van der Waals surface area contributed by atoms with Gasteiger partial charge in [0.25, 0.3) is 0 Å². The summed E-state index contributed by atoms with van der Waals surface area (Å²) >= 11 is 0. The molecule has 0 atom stereocenters. The quantitative estimate of drug-likeness (QED) is 0.230. The molecule has 242 valence electrons. The largest absolute Gasteiger partial charge is 0.490 e. The predicted octanol–water partition coefficient (Wildman–Crippen LogP) is 5.08. The minimum Gasteiger partial charge on any atom is -0.475 e. The number of rotatable bonds is 5. The molecule has 15 heteroatoms. The van der Waals surface area contributed by atoms with Gasteiger partial charge in [0.2, 0.25) is 0 Å². The molecular formula is C32H31F3N10O2. The number of carboxylic acid groups (broad SMARTS) is 1. The Morgan fingerprint density at radius 1 is 0.936 bits per heavy atom. The Bertz CT molecular complexity index is 2030. The second-order valence-electron chi connectivity index (χ2n) is 11.2. The van der Waals surface area contributed by atoms with Gasteiger partial charge in [0, 0.05) is 43.9 Å². The number of alkyl halides is 3. The Kier molecular flexibility index (Phi) is 8.47. The summed E-state index contributed by atoms with van der Waals surface area (Å²) in [5.74, 6) is -1.83. The van der Waals surface area contributed by atoms with Crippen LogP contribution >= 0.6 is 0 Å². The number of nitrogens with two attached hydrogens (primary N) is 2. The molecule has 1 saturated heterocycles. The number of nitrogens with zero attached hydrogens (tertiary/aromatic N) is 8. The van der Waals surface area contributed by atoms with Crippen LogP contribution in [-0.4, -0.2) is 69.5 Å². The molecule has 0 spiro atoms.